The van der Waals surface area contributed by atoms with Crippen molar-refractivity contribution >= 4 is 6.09 Å². The number of nitrogens with two attached hydrogens (primary N) is 1. The van der Waals surface area contributed by atoms with Crippen LogP contribution in [0.2, 0.25) is 0 Å². The molecule has 0 aliphatic carbocycles. The Morgan fingerprint density at radius 3 is 2.71 bits per heavy atom. The Kier molecular flexibility index (Phi) is 5.86. The van der Waals surface area contributed by atoms with Gasteiger partial charge in [0.1, 0.15) is 17.7 Å². The number of hydrogen-bond acceptors (Lipinski definition) is 7. The van der Waals surface area contributed by atoms with Gasteiger partial charge >= 0.3 is 6.09 Å². The standard InChI is InChI=1S/C18H21F2N3O5/c1-23-6-4-15(18(19,20)10-23)28-16-12(8-21)13(27-17(22)24)2-3-14(16)26-11-5-7-25-9-11/h2-3,11,15H,4-7,9-10H2,1H3,(H2,22,24)/t11-,15?/m0/s1. The van der Waals surface area contributed by atoms with E-state index in [1.54, 1.807) is 7.05 Å². The van der Waals surface area contributed by atoms with Gasteiger partial charge in [-0.25, -0.2) is 13.6 Å². The Balaban J connectivity index is 1.96. The number of nitrogens with zero attached hydrogens (tertiary/aromatic N) is 2. The predicted molar refractivity (Wildman–Crippen MR) is 92.7 cm³/mol. The van der Waals surface area contributed by atoms with Crippen LogP contribution in [-0.4, -0.2) is 62.5 Å². The van der Waals surface area contributed by atoms with E-state index in [1.165, 1.54) is 17.0 Å². The summed E-state index contributed by atoms with van der Waals surface area (Å²) in [5, 5.41) is 9.56. The van der Waals surface area contributed by atoms with Crippen LogP contribution < -0.4 is 19.9 Å². The van der Waals surface area contributed by atoms with Crippen LogP contribution in [0.4, 0.5) is 13.6 Å². The van der Waals surface area contributed by atoms with Crippen molar-refractivity contribution in [2.75, 3.05) is 33.4 Å². The highest BCUT2D eigenvalue weighted by atomic mass is 19.3. The molecule has 0 aromatic heterocycles. The minimum atomic E-state index is -3.13. The number of hydrogen-bond donors (Lipinski definition) is 1. The smallest absolute Gasteiger partial charge is 0.410 e. The van der Waals surface area contributed by atoms with Gasteiger partial charge < -0.3 is 29.6 Å². The number of ether oxygens (including phenoxy) is 4. The van der Waals surface area contributed by atoms with E-state index in [0.29, 0.717) is 26.2 Å². The Labute approximate surface area is 160 Å². The molecule has 28 heavy (non-hydrogen) atoms. The van der Waals surface area contributed by atoms with Crippen molar-refractivity contribution in [2.24, 2.45) is 5.73 Å². The summed E-state index contributed by atoms with van der Waals surface area (Å²) < 4.78 is 50.4. The third-order valence-electron chi connectivity index (χ3n) is 4.57. The minimum absolute atomic E-state index is 0.0568. The van der Waals surface area contributed by atoms with Gasteiger partial charge in [0.2, 0.25) is 0 Å². The number of rotatable bonds is 5. The van der Waals surface area contributed by atoms with Crippen LogP contribution in [0.5, 0.6) is 17.2 Å². The van der Waals surface area contributed by atoms with Gasteiger partial charge in [-0.3, -0.25) is 0 Å². The van der Waals surface area contributed by atoms with Crippen LogP contribution in [0.3, 0.4) is 0 Å². The van der Waals surface area contributed by atoms with Crippen molar-refractivity contribution in [2.45, 2.75) is 31.0 Å². The number of carbonyl (C=O) groups is 1. The monoisotopic (exact) mass is 397 g/mol. The van der Waals surface area contributed by atoms with Gasteiger partial charge in [0.05, 0.1) is 19.8 Å². The lowest BCUT2D eigenvalue weighted by Gasteiger charge is -2.36. The van der Waals surface area contributed by atoms with E-state index in [-0.39, 0.29) is 35.3 Å². The molecule has 0 radical (unpaired) electrons. The van der Waals surface area contributed by atoms with Gasteiger partial charge in [-0.05, 0) is 19.2 Å². The summed E-state index contributed by atoms with van der Waals surface area (Å²) in [6.07, 6.45) is -2.21. The molecule has 8 nitrogen and oxygen atoms in total. The number of benzene rings is 1. The molecule has 10 heteroatoms. The fourth-order valence-electron chi connectivity index (χ4n) is 3.22. The molecule has 1 amide bonds. The summed E-state index contributed by atoms with van der Waals surface area (Å²) in [5.41, 5.74) is 4.79. The summed E-state index contributed by atoms with van der Waals surface area (Å²) in [6, 6.07) is 4.55. The molecule has 3 rings (SSSR count). The van der Waals surface area contributed by atoms with Crippen LogP contribution in [0.1, 0.15) is 18.4 Å². The van der Waals surface area contributed by atoms with Gasteiger partial charge in [-0.1, -0.05) is 0 Å². The Hall–Kier alpha value is -2.64. The first-order valence-electron chi connectivity index (χ1n) is 8.82. The maximum absolute atomic E-state index is 14.5. The molecule has 0 saturated carbocycles. The quantitative estimate of drug-likeness (QED) is 0.809. The Morgan fingerprint density at radius 1 is 1.36 bits per heavy atom. The molecular formula is C18H21F2N3O5. The lowest BCUT2D eigenvalue weighted by molar-refractivity contribution is -0.135. The number of nitriles is 1. The minimum Gasteiger partial charge on any atom is -0.484 e. The fraction of sp³-hybridized carbons (Fsp3) is 0.556. The first-order valence-corrected chi connectivity index (χ1v) is 8.82. The summed E-state index contributed by atoms with van der Waals surface area (Å²) in [6.45, 7) is 0.795. The number of amides is 1. The molecule has 2 heterocycles. The van der Waals surface area contributed by atoms with Crippen molar-refractivity contribution in [1.29, 1.82) is 5.26 Å². The summed E-state index contributed by atoms with van der Waals surface area (Å²) in [7, 11) is 1.60. The van der Waals surface area contributed by atoms with Gasteiger partial charge in [0.15, 0.2) is 23.4 Å². The van der Waals surface area contributed by atoms with E-state index in [4.69, 9.17) is 24.7 Å². The molecule has 1 unspecified atom stereocenters. The third kappa shape index (κ3) is 4.43. The summed E-state index contributed by atoms with van der Waals surface area (Å²) in [5.74, 6) is -3.40. The number of likely N-dealkylation sites (tertiary alicyclic amines) is 1. The molecule has 2 atom stereocenters. The van der Waals surface area contributed by atoms with Crippen molar-refractivity contribution in [3.05, 3.63) is 17.7 Å². The average Bonchev–Trinajstić information content (AvgIpc) is 3.11. The van der Waals surface area contributed by atoms with Crippen LogP contribution in [0, 0.1) is 11.3 Å². The molecule has 1 aromatic carbocycles. The molecule has 2 aliphatic rings. The Bertz CT molecular complexity index is 777. The molecule has 0 bridgehead atoms. The lowest BCUT2D eigenvalue weighted by atomic mass is 10.0. The zero-order chi connectivity index (χ0) is 20.3. The van der Waals surface area contributed by atoms with Crippen LogP contribution in [0.25, 0.3) is 0 Å². The lowest BCUT2D eigenvalue weighted by Crippen LogP contribution is -2.52. The van der Waals surface area contributed by atoms with E-state index < -0.39 is 24.7 Å². The maximum atomic E-state index is 14.5. The van der Waals surface area contributed by atoms with Crippen molar-refractivity contribution in [1.82, 2.24) is 4.90 Å². The molecule has 152 valence electrons. The van der Waals surface area contributed by atoms with Gasteiger partial charge in [0.25, 0.3) is 5.92 Å². The summed E-state index contributed by atoms with van der Waals surface area (Å²) in [4.78, 5) is 12.6. The molecule has 2 saturated heterocycles. The SMILES string of the molecule is CN1CCC(Oc2c(O[C@H]3CCOC3)ccc(OC(N)=O)c2C#N)C(F)(F)C1. The van der Waals surface area contributed by atoms with E-state index in [1.807, 2.05) is 6.07 Å². The molecule has 1 aromatic rings. The van der Waals surface area contributed by atoms with Crippen LogP contribution >= 0.6 is 0 Å². The van der Waals surface area contributed by atoms with Gasteiger partial charge in [0, 0.05) is 19.4 Å². The average molecular weight is 397 g/mol. The largest absolute Gasteiger partial charge is 0.484 e. The summed E-state index contributed by atoms with van der Waals surface area (Å²) >= 11 is 0. The number of piperidine rings is 1. The maximum Gasteiger partial charge on any atom is 0.410 e. The third-order valence-corrected chi connectivity index (χ3v) is 4.57. The highest BCUT2D eigenvalue weighted by molar-refractivity contribution is 5.71. The fourth-order valence-corrected chi connectivity index (χ4v) is 3.22. The van der Waals surface area contributed by atoms with Crippen molar-refractivity contribution in [3.8, 4) is 23.3 Å². The van der Waals surface area contributed by atoms with E-state index in [2.05, 4.69) is 0 Å². The number of carbonyl (C=O) groups excluding carboxylic acids is 1. The molecule has 2 aliphatic heterocycles. The second-order valence-electron chi connectivity index (χ2n) is 6.80. The van der Waals surface area contributed by atoms with Crippen LogP contribution in [-0.2, 0) is 4.74 Å². The van der Waals surface area contributed by atoms with Crippen molar-refractivity contribution < 1.29 is 32.5 Å². The first kappa shape index (κ1) is 20.1. The second kappa shape index (κ2) is 8.16. The molecule has 0 spiro atoms. The predicted octanol–water partition coefficient (Wildman–Crippen LogP) is 1.90. The second-order valence-corrected chi connectivity index (χ2v) is 6.80. The van der Waals surface area contributed by atoms with E-state index in [0.717, 1.165) is 0 Å². The van der Waals surface area contributed by atoms with Crippen molar-refractivity contribution in [3.63, 3.8) is 0 Å². The topological polar surface area (TPSA) is 107 Å². The number of alkyl halides is 2. The molecule has 2 fully saturated rings. The van der Waals surface area contributed by atoms with Gasteiger partial charge in [-0.15, -0.1) is 0 Å². The van der Waals surface area contributed by atoms with Crippen LogP contribution in [0.15, 0.2) is 12.1 Å². The van der Waals surface area contributed by atoms with E-state index in [9.17, 15) is 18.8 Å². The van der Waals surface area contributed by atoms with Gasteiger partial charge in [-0.2, -0.15) is 5.26 Å². The number of halogens is 2. The highest BCUT2D eigenvalue weighted by Gasteiger charge is 2.46. The first-order chi connectivity index (χ1) is 13.3. The molecule has 2 N–H and O–H groups in total. The zero-order valence-corrected chi connectivity index (χ0v) is 15.3. The molecular weight excluding hydrogens is 376 g/mol. The Morgan fingerprint density at radius 2 is 2.11 bits per heavy atom. The highest BCUT2D eigenvalue weighted by Crippen LogP contribution is 2.41. The van der Waals surface area contributed by atoms with E-state index >= 15 is 0 Å². The number of primary amides is 1. The zero-order valence-electron chi connectivity index (χ0n) is 15.3. The normalized spacial score (nSPS) is 24.4.